The molecule has 0 bridgehead atoms. The standard InChI is InChI=1S/C16H16FNO3/c1-18(13-8-6-12(17)7-9-13)16(20)15(19)11-4-3-5-14(10-11)21-2/h3-10,15,19H,1-2H3. The van der Waals surface area contributed by atoms with Gasteiger partial charge in [0.1, 0.15) is 11.6 Å². The molecular weight excluding hydrogens is 273 g/mol. The zero-order valence-corrected chi connectivity index (χ0v) is 11.8. The number of hydrogen-bond acceptors (Lipinski definition) is 3. The van der Waals surface area contributed by atoms with Crippen LogP contribution in [0.5, 0.6) is 5.75 Å². The number of rotatable bonds is 4. The van der Waals surface area contributed by atoms with Gasteiger partial charge in [0.15, 0.2) is 6.10 Å². The van der Waals surface area contributed by atoms with Crippen LogP contribution >= 0.6 is 0 Å². The number of halogens is 1. The molecule has 0 radical (unpaired) electrons. The van der Waals surface area contributed by atoms with Crippen molar-refractivity contribution in [2.24, 2.45) is 0 Å². The summed E-state index contributed by atoms with van der Waals surface area (Å²) < 4.78 is 18.0. The third-order valence-electron chi connectivity index (χ3n) is 3.19. The van der Waals surface area contributed by atoms with E-state index in [1.165, 1.54) is 43.3 Å². The molecule has 0 heterocycles. The van der Waals surface area contributed by atoms with Crippen molar-refractivity contribution in [1.82, 2.24) is 0 Å². The van der Waals surface area contributed by atoms with Crippen LogP contribution in [0.2, 0.25) is 0 Å². The first kappa shape index (κ1) is 15.0. The second-order valence-electron chi connectivity index (χ2n) is 4.55. The highest BCUT2D eigenvalue weighted by molar-refractivity contribution is 5.96. The minimum Gasteiger partial charge on any atom is -0.497 e. The summed E-state index contributed by atoms with van der Waals surface area (Å²) in [4.78, 5) is 13.6. The second kappa shape index (κ2) is 6.37. The summed E-state index contributed by atoms with van der Waals surface area (Å²) in [6.07, 6.45) is -1.31. The van der Waals surface area contributed by atoms with E-state index < -0.39 is 12.0 Å². The Kier molecular flexibility index (Phi) is 4.55. The fourth-order valence-corrected chi connectivity index (χ4v) is 1.93. The van der Waals surface area contributed by atoms with Crippen molar-refractivity contribution in [2.45, 2.75) is 6.10 Å². The van der Waals surface area contributed by atoms with E-state index in [4.69, 9.17) is 4.74 Å². The van der Waals surface area contributed by atoms with Crippen molar-refractivity contribution in [3.05, 3.63) is 59.9 Å². The molecular formula is C16H16FNO3. The second-order valence-corrected chi connectivity index (χ2v) is 4.55. The summed E-state index contributed by atoms with van der Waals surface area (Å²) in [5.41, 5.74) is 0.941. The molecule has 0 spiro atoms. The van der Waals surface area contributed by atoms with Gasteiger partial charge in [-0.1, -0.05) is 12.1 Å². The van der Waals surface area contributed by atoms with E-state index in [1.807, 2.05) is 0 Å². The first-order valence-electron chi connectivity index (χ1n) is 6.38. The molecule has 0 aliphatic rings. The molecule has 0 saturated carbocycles. The van der Waals surface area contributed by atoms with E-state index in [1.54, 1.807) is 24.3 Å². The molecule has 1 amide bonds. The minimum absolute atomic E-state index is 0.382. The molecule has 1 unspecified atom stereocenters. The van der Waals surface area contributed by atoms with Crippen molar-refractivity contribution < 1.29 is 19.0 Å². The average Bonchev–Trinajstić information content (AvgIpc) is 2.53. The van der Waals surface area contributed by atoms with Gasteiger partial charge in [0.25, 0.3) is 5.91 Å². The van der Waals surface area contributed by atoms with Gasteiger partial charge in [-0.15, -0.1) is 0 Å². The summed E-state index contributed by atoms with van der Waals surface area (Å²) in [7, 11) is 3.04. The zero-order chi connectivity index (χ0) is 15.4. The lowest BCUT2D eigenvalue weighted by Crippen LogP contribution is -2.31. The Balaban J connectivity index is 2.19. The van der Waals surface area contributed by atoms with Crippen LogP contribution in [0.3, 0.4) is 0 Å². The lowest BCUT2D eigenvalue weighted by atomic mass is 10.1. The number of aliphatic hydroxyl groups excluding tert-OH is 1. The first-order valence-corrected chi connectivity index (χ1v) is 6.38. The summed E-state index contributed by atoms with van der Waals surface area (Å²) in [6.45, 7) is 0. The lowest BCUT2D eigenvalue weighted by molar-refractivity contribution is -0.126. The molecule has 21 heavy (non-hydrogen) atoms. The number of carbonyl (C=O) groups excluding carboxylic acids is 1. The molecule has 1 N–H and O–H groups in total. The highest BCUT2D eigenvalue weighted by Crippen LogP contribution is 2.23. The van der Waals surface area contributed by atoms with Crippen LogP contribution in [0.4, 0.5) is 10.1 Å². The number of amides is 1. The summed E-state index contributed by atoms with van der Waals surface area (Å²) in [5.74, 6) is -0.327. The molecule has 0 aromatic heterocycles. The van der Waals surface area contributed by atoms with Crippen LogP contribution in [-0.4, -0.2) is 25.2 Å². The van der Waals surface area contributed by atoms with Gasteiger partial charge in [0.05, 0.1) is 7.11 Å². The molecule has 5 heteroatoms. The Bertz CT molecular complexity index is 628. The van der Waals surface area contributed by atoms with Crippen LogP contribution in [0.15, 0.2) is 48.5 Å². The van der Waals surface area contributed by atoms with Gasteiger partial charge in [0, 0.05) is 12.7 Å². The van der Waals surface area contributed by atoms with E-state index >= 15 is 0 Å². The van der Waals surface area contributed by atoms with E-state index in [0.717, 1.165) is 0 Å². The van der Waals surface area contributed by atoms with Crippen molar-refractivity contribution in [3.8, 4) is 5.75 Å². The number of carbonyl (C=O) groups is 1. The number of ether oxygens (including phenoxy) is 1. The molecule has 0 fully saturated rings. The van der Waals surface area contributed by atoms with Gasteiger partial charge in [-0.3, -0.25) is 4.79 Å². The molecule has 0 aliphatic heterocycles. The topological polar surface area (TPSA) is 49.8 Å². The zero-order valence-electron chi connectivity index (χ0n) is 11.8. The fourth-order valence-electron chi connectivity index (χ4n) is 1.93. The number of hydrogen-bond donors (Lipinski definition) is 1. The predicted molar refractivity (Wildman–Crippen MR) is 77.8 cm³/mol. The Morgan fingerprint density at radius 3 is 2.52 bits per heavy atom. The normalized spacial score (nSPS) is 11.8. The fraction of sp³-hybridized carbons (Fsp3) is 0.188. The SMILES string of the molecule is COc1cccc(C(O)C(=O)N(C)c2ccc(F)cc2)c1. The van der Waals surface area contributed by atoms with E-state index in [2.05, 4.69) is 0 Å². The number of nitrogens with zero attached hydrogens (tertiary/aromatic N) is 1. The maximum Gasteiger partial charge on any atom is 0.260 e. The third-order valence-corrected chi connectivity index (χ3v) is 3.19. The van der Waals surface area contributed by atoms with Crippen LogP contribution in [0.25, 0.3) is 0 Å². The quantitative estimate of drug-likeness (QED) is 0.941. The van der Waals surface area contributed by atoms with Gasteiger partial charge in [-0.25, -0.2) is 4.39 Å². The van der Waals surface area contributed by atoms with Crippen LogP contribution < -0.4 is 9.64 Å². The average molecular weight is 289 g/mol. The van der Waals surface area contributed by atoms with Crippen molar-refractivity contribution in [2.75, 3.05) is 19.1 Å². The largest absolute Gasteiger partial charge is 0.497 e. The summed E-state index contributed by atoms with van der Waals surface area (Å²) in [5, 5.41) is 10.2. The lowest BCUT2D eigenvalue weighted by Gasteiger charge is -2.21. The van der Waals surface area contributed by atoms with Crippen LogP contribution in [0.1, 0.15) is 11.7 Å². The molecule has 110 valence electrons. The van der Waals surface area contributed by atoms with E-state index in [-0.39, 0.29) is 5.82 Å². The van der Waals surface area contributed by atoms with E-state index in [0.29, 0.717) is 17.0 Å². The van der Waals surface area contributed by atoms with Gasteiger partial charge in [0.2, 0.25) is 0 Å². The Morgan fingerprint density at radius 1 is 1.24 bits per heavy atom. The molecule has 1 atom stereocenters. The number of methoxy groups -OCH3 is 1. The molecule has 2 aromatic carbocycles. The monoisotopic (exact) mass is 289 g/mol. The van der Waals surface area contributed by atoms with Crippen molar-refractivity contribution in [3.63, 3.8) is 0 Å². The van der Waals surface area contributed by atoms with Gasteiger partial charge in [-0.2, -0.15) is 0 Å². The molecule has 0 aliphatic carbocycles. The molecule has 2 aromatic rings. The number of aliphatic hydroxyl groups is 1. The highest BCUT2D eigenvalue weighted by Gasteiger charge is 2.22. The maximum absolute atomic E-state index is 12.9. The van der Waals surface area contributed by atoms with Gasteiger partial charge < -0.3 is 14.7 Å². The van der Waals surface area contributed by atoms with Crippen molar-refractivity contribution in [1.29, 1.82) is 0 Å². The Morgan fingerprint density at radius 2 is 1.90 bits per heavy atom. The Hall–Kier alpha value is -2.40. The smallest absolute Gasteiger partial charge is 0.260 e. The van der Waals surface area contributed by atoms with Gasteiger partial charge >= 0.3 is 0 Å². The molecule has 0 saturated heterocycles. The van der Waals surface area contributed by atoms with Crippen LogP contribution in [-0.2, 0) is 4.79 Å². The number of likely N-dealkylation sites (N-methyl/N-ethyl adjacent to an activating group) is 1. The Labute approximate surface area is 122 Å². The molecule has 4 nitrogen and oxygen atoms in total. The maximum atomic E-state index is 12.9. The molecule has 2 rings (SSSR count). The number of anilines is 1. The van der Waals surface area contributed by atoms with Crippen LogP contribution in [0, 0.1) is 5.82 Å². The highest BCUT2D eigenvalue weighted by atomic mass is 19.1. The van der Waals surface area contributed by atoms with Gasteiger partial charge in [-0.05, 0) is 42.0 Å². The summed E-state index contributed by atoms with van der Waals surface area (Å²) in [6, 6.07) is 12.1. The third kappa shape index (κ3) is 3.38. The van der Waals surface area contributed by atoms with Crippen molar-refractivity contribution >= 4 is 11.6 Å². The number of benzene rings is 2. The summed E-state index contributed by atoms with van der Waals surface area (Å²) >= 11 is 0. The van der Waals surface area contributed by atoms with E-state index in [9.17, 15) is 14.3 Å². The first-order chi connectivity index (χ1) is 10.0. The predicted octanol–water partition coefficient (Wildman–Crippen LogP) is 2.53. The minimum atomic E-state index is -1.31.